The Morgan fingerprint density at radius 1 is 1.24 bits per heavy atom. The number of hydrogen-bond donors (Lipinski definition) is 0. The van der Waals surface area contributed by atoms with E-state index in [4.69, 9.17) is 16.3 Å². The van der Waals surface area contributed by atoms with E-state index in [0.717, 1.165) is 18.8 Å². The van der Waals surface area contributed by atoms with E-state index in [1.807, 2.05) is 0 Å². The lowest BCUT2D eigenvalue weighted by molar-refractivity contribution is 0.100. The molecule has 3 unspecified atom stereocenters. The van der Waals surface area contributed by atoms with Crippen LogP contribution >= 0.6 is 11.6 Å². The molecular weight excluding hydrogens is 239 g/mol. The lowest BCUT2D eigenvalue weighted by atomic mass is 9.80. The van der Waals surface area contributed by atoms with Crippen LogP contribution in [0.25, 0.3) is 0 Å². The van der Waals surface area contributed by atoms with Gasteiger partial charge in [0.05, 0.1) is 11.1 Å². The average molecular weight is 257 g/mol. The van der Waals surface area contributed by atoms with Crippen LogP contribution in [0.2, 0.25) is 5.02 Å². The number of halogens is 2. The molecule has 1 aromatic rings. The van der Waals surface area contributed by atoms with E-state index in [9.17, 15) is 4.39 Å². The van der Waals surface area contributed by atoms with E-state index >= 15 is 0 Å². The minimum absolute atomic E-state index is 0.142. The summed E-state index contributed by atoms with van der Waals surface area (Å²) in [5.41, 5.74) is 0. The van der Waals surface area contributed by atoms with Crippen LogP contribution in [-0.4, -0.2) is 6.10 Å². The third kappa shape index (κ3) is 3.12. The summed E-state index contributed by atoms with van der Waals surface area (Å²) in [4.78, 5) is 0. The molecular formula is C14H18ClFO. The second-order valence-corrected chi connectivity index (χ2v) is 5.49. The molecule has 0 bridgehead atoms. The zero-order valence-corrected chi connectivity index (χ0v) is 11.0. The van der Waals surface area contributed by atoms with Gasteiger partial charge >= 0.3 is 0 Å². The summed E-state index contributed by atoms with van der Waals surface area (Å²) < 4.78 is 19.1. The highest BCUT2D eigenvalue weighted by Crippen LogP contribution is 2.32. The van der Waals surface area contributed by atoms with E-state index < -0.39 is 5.82 Å². The van der Waals surface area contributed by atoms with Crippen LogP contribution in [0.3, 0.4) is 0 Å². The first-order valence-electron chi connectivity index (χ1n) is 6.18. The maximum Gasteiger partial charge on any atom is 0.145 e. The Morgan fingerprint density at radius 3 is 2.65 bits per heavy atom. The summed E-state index contributed by atoms with van der Waals surface area (Å²) in [6.45, 7) is 4.53. The van der Waals surface area contributed by atoms with Gasteiger partial charge in [-0.3, -0.25) is 0 Å². The van der Waals surface area contributed by atoms with Crippen LogP contribution in [0.1, 0.15) is 33.1 Å². The molecule has 3 heteroatoms. The molecule has 1 nitrogen and oxygen atoms in total. The third-order valence-electron chi connectivity index (χ3n) is 3.74. The van der Waals surface area contributed by atoms with Crippen LogP contribution in [0.15, 0.2) is 18.2 Å². The van der Waals surface area contributed by atoms with Crippen molar-refractivity contribution in [2.75, 3.05) is 0 Å². The molecule has 0 aromatic heterocycles. The van der Waals surface area contributed by atoms with Crippen molar-refractivity contribution in [2.24, 2.45) is 11.8 Å². The molecule has 2 rings (SSSR count). The predicted molar refractivity (Wildman–Crippen MR) is 68.0 cm³/mol. The fourth-order valence-electron chi connectivity index (χ4n) is 2.35. The SMILES string of the molecule is CC1CCC(Oc2ccc(Cl)c(F)c2)CC1C. The Bertz CT molecular complexity index is 394. The maximum absolute atomic E-state index is 13.3. The van der Waals surface area contributed by atoms with Crippen molar-refractivity contribution in [3.8, 4) is 5.75 Å². The Labute approximate surface area is 107 Å². The van der Waals surface area contributed by atoms with Gasteiger partial charge in [0.15, 0.2) is 0 Å². The van der Waals surface area contributed by atoms with Crippen molar-refractivity contribution >= 4 is 11.6 Å². The van der Waals surface area contributed by atoms with Crippen molar-refractivity contribution in [3.63, 3.8) is 0 Å². The summed E-state index contributed by atoms with van der Waals surface area (Å²) in [6, 6.07) is 4.64. The van der Waals surface area contributed by atoms with Crippen LogP contribution in [0.5, 0.6) is 5.75 Å². The van der Waals surface area contributed by atoms with Gasteiger partial charge < -0.3 is 4.74 Å². The Morgan fingerprint density at radius 2 is 2.00 bits per heavy atom. The Hall–Kier alpha value is -0.760. The van der Waals surface area contributed by atoms with Crippen LogP contribution in [0, 0.1) is 17.7 Å². The summed E-state index contributed by atoms with van der Waals surface area (Å²) in [6.07, 6.45) is 3.49. The number of ether oxygens (including phenoxy) is 1. The van der Waals surface area contributed by atoms with Crippen LogP contribution < -0.4 is 4.74 Å². The molecule has 1 saturated carbocycles. The van der Waals surface area contributed by atoms with E-state index in [1.54, 1.807) is 12.1 Å². The first-order valence-corrected chi connectivity index (χ1v) is 6.55. The highest BCUT2D eigenvalue weighted by Gasteiger charge is 2.25. The first kappa shape index (κ1) is 12.7. The summed E-state index contributed by atoms with van der Waals surface area (Å²) in [5.74, 6) is 1.60. The van der Waals surface area contributed by atoms with E-state index in [0.29, 0.717) is 11.7 Å². The molecule has 17 heavy (non-hydrogen) atoms. The predicted octanol–water partition coefficient (Wildman–Crippen LogP) is 4.68. The summed E-state index contributed by atoms with van der Waals surface area (Å²) in [5, 5.41) is 0.142. The van der Waals surface area contributed by atoms with Gasteiger partial charge in [0.1, 0.15) is 11.6 Å². The van der Waals surface area contributed by atoms with Crippen LogP contribution in [0.4, 0.5) is 4.39 Å². The van der Waals surface area contributed by atoms with Crippen molar-refractivity contribution < 1.29 is 9.13 Å². The van der Waals surface area contributed by atoms with E-state index in [-0.39, 0.29) is 11.1 Å². The van der Waals surface area contributed by atoms with Gasteiger partial charge in [-0.15, -0.1) is 0 Å². The van der Waals surface area contributed by atoms with Gasteiger partial charge in [-0.1, -0.05) is 25.4 Å². The fourth-order valence-corrected chi connectivity index (χ4v) is 2.47. The Balaban J connectivity index is 1.99. The zero-order valence-electron chi connectivity index (χ0n) is 10.2. The Kier molecular flexibility index (Phi) is 3.93. The number of hydrogen-bond acceptors (Lipinski definition) is 1. The minimum atomic E-state index is -0.415. The summed E-state index contributed by atoms with van der Waals surface area (Å²) in [7, 11) is 0. The third-order valence-corrected chi connectivity index (χ3v) is 4.05. The standard InChI is InChI=1S/C14H18ClFO/c1-9-3-4-11(7-10(9)2)17-12-5-6-13(15)14(16)8-12/h5-6,8-11H,3-4,7H2,1-2H3. The zero-order chi connectivity index (χ0) is 12.4. The van der Waals surface area contributed by atoms with Crippen molar-refractivity contribution in [2.45, 2.75) is 39.2 Å². The van der Waals surface area contributed by atoms with Gasteiger partial charge in [0.2, 0.25) is 0 Å². The lowest BCUT2D eigenvalue weighted by Crippen LogP contribution is -2.28. The van der Waals surface area contributed by atoms with Gasteiger partial charge in [0, 0.05) is 6.07 Å². The molecule has 0 N–H and O–H groups in total. The van der Waals surface area contributed by atoms with Gasteiger partial charge in [-0.2, -0.15) is 0 Å². The average Bonchev–Trinajstić information content (AvgIpc) is 2.29. The second kappa shape index (κ2) is 5.26. The smallest absolute Gasteiger partial charge is 0.145 e. The monoisotopic (exact) mass is 256 g/mol. The highest BCUT2D eigenvalue weighted by atomic mass is 35.5. The fraction of sp³-hybridized carbons (Fsp3) is 0.571. The van der Waals surface area contributed by atoms with Gasteiger partial charge in [-0.05, 0) is 43.2 Å². The molecule has 1 aliphatic rings. The molecule has 0 radical (unpaired) electrons. The molecule has 1 fully saturated rings. The summed E-state index contributed by atoms with van der Waals surface area (Å²) >= 11 is 5.64. The van der Waals surface area contributed by atoms with E-state index in [2.05, 4.69) is 13.8 Å². The molecule has 0 amide bonds. The van der Waals surface area contributed by atoms with E-state index in [1.165, 1.54) is 12.5 Å². The van der Waals surface area contributed by atoms with Crippen molar-refractivity contribution in [1.82, 2.24) is 0 Å². The number of rotatable bonds is 2. The molecule has 1 aromatic carbocycles. The maximum atomic E-state index is 13.3. The quantitative estimate of drug-likeness (QED) is 0.746. The topological polar surface area (TPSA) is 9.23 Å². The van der Waals surface area contributed by atoms with Crippen molar-refractivity contribution in [1.29, 1.82) is 0 Å². The molecule has 0 spiro atoms. The van der Waals surface area contributed by atoms with Crippen molar-refractivity contribution in [3.05, 3.63) is 29.0 Å². The highest BCUT2D eigenvalue weighted by molar-refractivity contribution is 6.30. The molecule has 0 aliphatic heterocycles. The molecule has 1 aliphatic carbocycles. The first-order chi connectivity index (χ1) is 8.06. The van der Waals surface area contributed by atoms with Gasteiger partial charge in [0.25, 0.3) is 0 Å². The van der Waals surface area contributed by atoms with Gasteiger partial charge in [-0.25, -0.2) is 4.39 Å². The second-order valence-electron chi connectivity index (χ2n) is 5.08. The largest absolute Gasteiger partial charge is 0.490 e. The van der Waals surface area contributed by atoms with Crippen LogP contribution in [-0.2, 0) is 0 Å². The normalized spacial score (nSPS) is 29.1. The molecule has 3 atom stereocenters. The molecule has 0 saturated heterocycles. The minimum Gasteiger partial charge on any atom is -0.490 e. The number of benzene rings is 1. The molecule has 0 heterocycles. The lowest BCUT2D eigenvalue weighted by Gasteiger charge is -2.32. The molecule has 94 valence electrons.